The third-order valence-corrected chi connectivity index (χ3v) is 4.84. The summed E-state index contributed by atoms with van der Waals surface area (Å²) >= 11 is 0. The second-order valence-electron chi connectivity index (χ2n) is 4.96. The van der Waals surface area contributed by atoms with Crippen LogP contribution in [0.15, 0.2) is 24.4 Å². The quantitative estimate of drug-likeness (QED) is 0.799. The second-order valence-corrected chi connectivity index (χ2v) is 6.81. The molecule has 0 spiro atoms. The van der Waals surface area contributed by atoms with E-state index < -0.39 is 10.0 Å². The van der Waals surface area contributed by atoms with Crippen molar-refractivity contribution in [1.82, 2.24) is 15.0 Å². The molecule has 1 aliphatic rings. The Hall–Kier alpha value is -0.980. The molecule has 2 N–H and O–H groups in total. The highest BCUT2D eigenvalue weighted by Crippen LogP contribution is 2.11. The average Bonchev–Trinajstić information content (AvgIpc) is 2.40. The number of hydrogen-bond donors (Lipinski definition) is 2. The van der Waals surface area contributed by atoms with Gasteiger partial charge in [0.2, 0.25) is 10.0 Å². The fraction of sp³-hybridized carbons (Fsp3) is 0.615. The molecule has 1 aromatic rings. The minimum Gasteiger partial charge on any atom is -0.316 e. The maximum Gasteiger partial charge on any atom is 0.211 e. The van der Waals surface area contributed by atoms with Gasteiger partial charge in [0.15, 0.2) is 0 Å². The Balaban J connectivity index is 1.74. The Morgan fingerprint density at radius 1 is 1.42 bits per heavy atom. The van der Waals surface area contributed by atoms with E-state index in [1.165, 1.54) is 0 Å². The van der Waals surface area contributed by atoms with E-state index >= 15 is 0 Å². The van der Waals surface area contributed by atoms with Crippen LogP contribution < -0.4 is 10.0 Å². The molecule has 0 aliphatic carbocycles. The van der Waals surface area contributed by atoms with Crippen LogP contribution in [0.3, 0.4) is 0 Å². The Bertz CT molecular complexity index is 470. The smallest absolute Gasteiger partial charge is 0.211 e. The molecule has 0 amide bonds. The molecule has 0 radical (unpaired) electrons. The van der Waals surface area contributed by atoms with Gasteiger partial charge in [-0.05, 0) is 44.0 Å². The first-order valence-corrected chi connectivity index (χ1v) is 8.39. The van der Waals surface area contributed by atoms with Gasteiger partial charge in [-0.1, -0.05) is 6.07 Å². The Labute approximate surface area is 114 Å². The summed E-state index contributed by atoms with van der Waals surface area (Å²) in [5.74, 6) is 0.462. The first kappa shape index (κ1) is 14.4. The molecule has 1 saturated heterocycles. The highest BCUT2D eigenvalue weighted by atomic mass is 32.2. The third kappa shape index (κ3) is 5.26. The number of sulfonamides is 1. The van der Waals surface area contributed by atoms with Crippen molar-refractivity contribution < 1.29 is 8.42 Å². The SMILES string of the molecule is O=S(=O)(CC1CCCNC1)NCCc1ccccn1. The second kappa shape index (κ2) is 6.98. The van der Waals surface area contributed by atoms with E-state index in [1.807, 2.05) is 18.2 Å². The zero-order chi connectivity index (χ0) is 13.6. The molecule has 1 aromatic heterocycles. The van der Waals surface area contributed by atoms with Crippen molar-refractivity contribution in [2.24, 2.45) is 5.92 Å². The standard InChI is InChI=1S/C13H21N3O2S/c17-19(18,11-12-4-3-7-14-10-12)16-9-6-13-5-1-2-8-15-13/h1-2,5,8,12,14,16H,3-4,6-7,9-11H2. The number of rotatable bonds is 6. The van der Waals surface area contributed by atoms with Crippen LogP contribution in [0, 0.1) is 5.92 Å². The summed E-state index contributed by atoms with van der Waals surface area (Å²) in [5.41, 5.74) is 0.907. The molecule has 1 unspecified atom stereocenters. The first-order valence-electron chi connectivity index (χ1n) is 6.74. The van der Waals surface area contributed by atoms with Crippen molar-refractivity contribution in [1.29, 1.82) is 0 Å². The number of aromatic nitrogens is 1. The molecule has 1 aliphatic heterocycles. The predicted octanol–water partition coefficient (Wildman–Crippen LogP) is 0.543. The van der Waals surface area contributed by atoms with Gasteiger partial charge in [0.25, 0.3) is 0 Å². The number of piperidine rings is 1. The molecule has 1 atom stereocenters. The molecule has 0 saturated carbocycles. The number of hydrogen-bond acceptors (Lipinski definition) is 4. The first-order chi connectivity index (χ1) is 9.16. The van der Waals surface area contributed by atoms with Crippen LogP contribution in [-0.4, -0.2) is 38.8 Å². The van der Waals surface area contributed by atoms with E-state index in [1.54, 1.807) is 6.20 Å². The van der Waals surface area contributed by atoms with Gasteiger partial charge in [-0.15, -0.1) is 0 Å². The highest BCUT2D eigenvalue weighted by molar-refractivity contribution is 7.89. The van der Waals surface area contributed by atoms with Crippen LogP contribution in [0.4, 0.5) is 0 Å². The summed E-state index contributed by atoms with van der Waals surface area (Å²) in [4.78, 5) is 4.17. The van der Waals surface area contributed by atoms with Crippen molar-refractivity contribution in [2.45, 2.75) is 19.3 Å². The van der Waals surface area contributed by atoms with Crippen molar-refractivity contribution in [3.63, 3.8) is 0 Å². The van der Waals surface area contributed by atoms with E-state index in [4.69, 9.17) is 0 Å². The Kier molecular flexibility index (Phi) is 5.30. The molecule has 2 heterocycles. The zero-order valence-corrected chi connectivity index (χ0v) is 11.8. The zero-order valence-electron chi connectivity index (χ0n) is 11.0. The molecule has 0 bridgehead atoms. The summed E-state index contributed by atoms with van der Waals surface area (Å²) < 4.78 is 26.5. The lowest BCUT2D eigenvalue weighted by atomic mass is 10.0. The lowest BCUT2D eigenvalue weighted by Gasteiger charge is -2.22. The van der Waals surface area contributed by atoms with Gasteiger partial charge < -0.3 is 5.32 Å². The summed E-state index contributed by atoms with van der Waals surface area (Å²) in [6, 6.07) is 5.66. The fourth-order valence-corrected chi connectivity index (χ4v) is 3.75. The molecule has 2 rings (SSSR count). The third-order valence-electron chi connectivity index (χ3n) is 3.28. The number of pyridine rings is 1. The van der Waals surface area contributed by atoms with Crippen LogP contribution >= 0.6 is 0 Å². The van der Waals surface area contributed by atoms with Gasteiger partial charge in [-0.3, -0.25) is 4.98 Å². The van der Waals surface area contributed by atoms with Gasteiger partial charge in [-0.2, -0.15) is 0 Å². The predicted molar refractivity (Wildman–Crippen MR) is 75.3 cm³/mol. The summed E-state index contributed by atoms with van der Waals surface area (Å²) in [7, 11) is -3.17. The van der Waals surface area contributed by atoms with Crippen molar-refractivity contribution in [2.75, 3.05) is 25.4 Å². The van der Waals surface area contributed by atoms with Crippen LogP contribution in [0.2, 0.25) is 0 Å². The maximum atomic E-state index is 11.9. The Morgan fingerprint density at radius 2 is 2.32 bits per heavy atom. The van der Waals surface area contributed by atoms with Gasteiger partial charge in [0.05, 0.1) is 5.75 Å². The van der Waals surface area contributed by atoms with Gasteiger partial charge in [0, 0.05) is 24.9 Å². The van der Waals surface area contributed by atoms with Crippen molar-refractivity contribution >= 4 is 10.0 Å². The molecule has 106 valence electrons. The van der Waals surface area contributed by atoms with Crippen LogP contribution in [0.1, 0.15) is 18.5 Å². The fourth-order valence-electron chi connectivity index (χ4n) is 2.32. The minimum absolute atomic E-state index is 0.224. The van der Waals surface area contributed by atoms with Crippen LogP contribution in [0.25, 0.3) is 0 Å². The molecule has 6 heteroatoms. The molecular weight excluding hydrogens is 262 g/mol. The van der Waals surface area contributed by atoms with E-state index in [-0.39, 0.29) is 11.7 Å². The van der Waals surface area contributed by atoms with Crippen molar-refractivity contribution in [3.05, 3.63) is 30.1 Å². The largest absolute Gasteiger partial charge is 0.316 e. The lowest BCUT2D eigenvalue weighted by Crippen LogP contribution is -2.38. The molecule has 5 nitrogen and oxygen atoms in total. The summed E-state index contributed by atoms with van der Waals surface area (Å²) in [5, 5.41) is 3.24. The number of nitrogens with zero attached hydrogens (tertiary/aromatic N) is 1. The molecule has 0 aromatic carbocycles. The van der Waals surface area contributed by atoms with E-state index in [2.05, 4.69) is 15.0 Å². The minimum atomic E-state index is -3.17. The molecular formula is C13H21N3O2S. The van der Waals surface area contributed by atoms with Gasteiger partial charge in [0.1, 0.15) is 0 Å². The van der Waals surface area contributed by atoms with Gasteiger partial charge >= 0.3 is 0 Å². The highest BCUT2D eigenvalue weighted by Gasteiger charge is 2.20. The van der Waals surface area contributed by atoms with Crippen molar-refractivity contribution in [3.8, 4) is 0 Å². The van der Waals surface area contributed by atoms with Crippen LogP contribution in [0.5, 0.6) is 0 Å². The summed E-state index contributed by atoms with van der Waals surface area (Å²) in [6.07, 6.45) is 4.41. The topological polar surface area (TPSA) is 71.1 Å². The average molecular weight is 283 g/mol. The lowest BCUT2D eigenvalue weighted by molar-refractivity contribution is 0.403. The Morgan fingerprint density at radius 3 is 3.00 bits per heavy atom. The maximum absolute atomic E-state index is 11.9. The van der Waals surface area contributed by atoms with Gasteiger partial charge in [-0.25, -0.2) is 13.1 Å². The van der Waals surface area contributed by atoms with E-state index in [9.17, 15) is 8.42 Å². The van der Waals surface area contributed by atoms with E-state index in [0.29, 0.717) is 13.0 Å². The summed E-state index contributed by atoms with van der Waals surface area (Å²) in [6.45, 7) is 2.23. The molecule has 19 heavy (non-hydrogen) atoms. The van der Waals surface area contributed by atoms with Crippen LogP contribution in [-0.2, 0) is 16.4 Å². The normalized spacial score (nSPS) is 20.3. The molecule has 1 fully saturated rings. The van der Waals surface area contributed by atoms with E-state index in [0.717, 1.165) is 31.6 Å². The number of nitrogens with one attached hydrogen (secondary N) is 2. The monoisotopic (exact) mass is 283 g/mol.